The quantitative estimate of drug-likeness (QED) is 0.0583. The maximum atomic E-state index is 11.9. The third-order valence-corrected chi connectivity index (χ3v) is 9.43. The van der Waals surface area contributed by atoms with Crippen LogP contribution in [0.15, 0.2) is 0 Å². The van der Waals surface area contributed by atoms with E-state index in [0.29, 0.717) is 42.5 Å². The highest BCUT2D eigenvalue weighted by molar-refractivity contribution is 8.77. The van der Waals surface area contributed by atoms with Gasteiger partial charge in [0.05, 0.1) is 0 Å². The smallest absolute Gasteiger partial charge is 0.243 e. The molecule has 0 heterocycles. The molecule has 2 unspecified atom stereocenters. The Labute approximate surface area is 287 Å². The fraction of sp³-hybridized carbons (Fsp3) is 0.692. The number of likely N-dealkylation sites (N-methyl/N-ethyl adjacent to an activating group) is 3. The van der Waals surface area contributed by atoms with Gasteiger partial charge in [0.1, 0.15) is 18.1 Å². The van der Waals surface area contributed by atoms with E-state index in [0.717, 1.165) is 0 Å². The van der Waals surface area contributed by atoms with Crippen LogP contribution in [-0.2, 0) is 38.4 Å². The number of hydrogen-bond acceptors (Lipinski definition) is 12. The number of rotatable bonds is 19. The summed E-state index contributed by atoms with van der Waals surface area (Å²) in [5.41, 5.74) is 4.47. The molecule has 0 spiro atoms. The average Bonchev–Trinajstić information content (AvgIpc) is 2.96. The standard InChI is InChI=1S/C14H26N4O4S2.C10H19N3O3S2.C2H5NO/c1-5-15-13(21)11(17-9(3)19)7-23-24-8-12(18-10(4)20)14(22)16-6-2;1-7(14)13-8(10(16)12-3)6-18-17-5-4-9(15)11-2;1-2(3)4/h11-12H,5-8H2,1-4H3,(H,15,21)(H,16,22)(H,17,19)(H,18,20);8H,4-6H2,1-3H3,(H,11,15)(H,12,16)(H,13,14);1H3,(H2,3,4)/t;8-;/m.0./s1. The molecule has 0 bridgehead atoms. The third kappa shape index (κ3) is 31.2. The summed E-state index contributed by atoms with van der Waals surface area (Å²) in [6.45, 7) is 9.95. The van der Waals surface area contributed by atoms with Crippen LogP contribution in [0, 0.1) is 0 Å². The molecule has 0 rings (SSSR count). The third-order valence-electron chi connectivity index (χ3n) is 4.59. The Kier molecular flexibility index (Phi) is 31.8. The predicted molar refractivity (Wildman–Crippen MR) is 188 cm³/mol. The van der Waals surface area contributed by atoms with Crippen LogP contribution >= 0.6 is 43.2 Å². The summed E-state index contributed by atoms with van der Waals surface area (Å²) in [5, 5.41) is 18.1. The minimum Gasteiger partial charge on any atom is -0.370 e. The van der Waals surface area contributed by atoms with Gasteiger partial charge in [0.2, 0.25) is 47.3 Å². The molecule has 46 heavy (non-hydrogen) atoms. The Balaban J connectivity index is -0.000000741. The number of primary amides is 1. The van der Waals surface area contributed by atoms with Crippen molar-refractivity contribution in [2.24, 2.45) is 5.73 Å². The first-order valence-corrected chi connectivity index (χ1v) is 19.1. The summed E-state index contributed by atoms with van der Waals surface area (Å²) < 4.78 is 0. The Morgan fingerprint density at radius 2 is 0.891 bits per heavy atom. The number of carbonyl (C=O) groups excluding carboxylic acids is 8. The van der Waals surface area contributed by atoms with Crippen LogP contribution in [-0.4, -0.2) is 116 Å². The van der Waals surface area contributed by atoms with E-state index >= 15 is 0 Å². The highest BCUT2D eigenvalue weighted by Gasteiger charge is 2.22. The summed E-state index contributed by atoms with van der Waals surface area (Å²) in [7, 11) is 8.81. The lowest BCUT2D eigenvalue weighted by Gasteiger charge is -2.18. The molecule has 0 fully saturated rings. The van der Waals surface area contributed by atoms with E-state index in [4.69, 9.17) is 0 Å². The van der Waals surface area contributed by atoms with E-state index in [2.05, 4.69) is 43.0 Å². The Morgan fingerprint density at radius 1 is 0.565 bits per heavy atom. The van der Waals surface area contributed by atoms with E-state index in [9.17, 15) is 38.4 Å². The fourth-order valence-corrected chi connectivity index (χ4v) is 7.20. The van der Waals surface area contributed by atoms with Crippen molar-refractivity contribution < 1.29 is 38.4 Å². The van der Waals surface area contributed by atoms with Gasteiger partial charge in [-0.1, -0.05) is 43.2 Å². The molecule has 0 radical (unpaired) electrons. The average molecular weight is 731 g/mol. The SMILES string of the molecule is CC(N)=O.CCNC(=O)C(CSSCC(NC(C)=O)C(=O)NCC)NC(C)=O.CNC(=O)CCSSC[C@H](NC(C)=O)C(=O)NC. The van der Waals surface area contributed by atoms with Crippen LogP contribution in [0.2, 0.25) is 0 Å². The summed E-state index contributed by atoms with van der Waals surface area (Å²) in [6.07, 6.45) is 0.443. The first-order valence-electron chi connectivity index (χ1n) is 14.1. The van der Waals surface area contributed by atoms with E-state index in [1.807, 2.05) is 0 Å². The molecular formula is C26H50N8O8S4. The molecule has 0 aromatic heterocycles. The van der Waals surface area contributed by atoms with Crippen molar-refractivity contribution in [3.63, 3.8) is 0 Å². The molecule has 0 saturated carbocycles. The number of nitrogens with one attached hydrogen (secondary N) is 7. The summed E-state index contributed by atoms with van der Waals surface area (Å²) in [5.74, 6) is 0.00690. The van der Waals surface area contributed by atoms with Gasteiger partial charge in [-0.2, -0.15) is 0 Å². The second-order valence-corrected chi connectivity index (χ2v) is 14.1. The van der Waals surface area contributed by atoms with E-state index in [-0.39, 0.29) is 47.3 Å². The van der Waals surface area contributed by atoms with E-state index < -0.39 is 18.1 Å². The molecule has 16 nitrogen and oxygen atoms in total. The summed E-state index contributed by atoms with van der Waals surface area (Å²) in [6, 6.07) is -1.81. The molecule has 266 valence electrons. The van der Waals surface area contributed by atoms with Gasteiger partial charge in [0.15, 0.2) is 0 Å². The molecule has 0 aromatic rings. The van der Waals surface area contributed by atoms with Crippen LogP contribution in [0.4, 0.5) is 0 Å². The van der Waals surface area contributed by atoms with Crippen molar-refractivity contribution in [1.29, 1.82) is 0 Å². The molecule has 0 aliphatic heterocycles. The van der Waals surface area contributed by atoms with Crippen molar-refractivity contribution in [1.82, 2.24) is 37.2 Å². The second kappa shape index (κ2) is 30.8. The maximum Gasteiger partial charge on any atom is 0.243 e. The van der Waals surface area contributed by atoms with Gasteiger partial charge in [-0.15, -0.1) is 0 Å². The molecule has 8 amide bonds. The van der Waals surface area contributed by atoms with Crippen LogP contribution in [0.1, 0.15) is 48.0 Å². The maximum absolute atomic E-state index is 11.9. The predicted octanol–water partition coefficient (Wildman–Crippen LogP) is -1.10. The fourth-order valence-electron chi connectivity index (χ4n) is 2.72. The van der Waals surface area contributed by atoms with Crippen molar-refractivity contribution in [2.45, 2.75) is 66.1 Å². The first kappa shape index (κ1) is 47.6. The topological polar surface area (TPSA) is 247 Å². The second-order valence-electron chi connectivity index (χ2n) is 8.87. The molecule has 0 saturated heterocycles. The molecule has 0 aromatic carbocycles. The van der Waals surface area contributed by atoms with Crippen LogP contribution < -0.4 is 43.0 Å². The van der Waals surface area contributed by atoms with Crippen LogP contribution in [0.3, 0.4) is 0 Å². The lowest BCUT2D eigenvalue weighted by molar-refractivity contribution is -0.127. The van der Waals surface area contributed by atoms with Crippen molar-refractivity contribution in [3.05, 3.63) is 0 Å². The van der Waals surface area contributed by atoms with Gasteiger partial charge in [0, 0.05) is 84.3 Å². The zero-order valence-corrected chi connectivity index (χ0v) is 30.9. The number of carbonyl (C=O) groups is 8. The minimum absolute atomic E-state index is 0.00666. The molecular weight excluding hydrogens is 681 g/mol. The van der Waals surface area contributed by atoms with Gasteiger partial charge in [0.25, 0.3) is 0 Å². The largest absolute Gasteiger partial charge is 0.370 e. The van der Waals surface area contributed by atoms with Gasteiger partial charge < -0.3 is 43.0 Å². The van der Waals surface area contributed by atoms with Crippen molar-refractivity contribution in [2.75, 3.05) is 50.2 Å². The van der Waals surface area contributed by atoms with Crippen LogP contribution in [0.5, 0.6) is 0 Å². The number of nitrogens with two attached hydrogens (primary N) is 1. The number of amides is 8. The summed E-state index contributed by atoms with van der Waals surface area (Å²) in [4.78, 5) is 88.7. The molecule has 9 N–H and O–H groups in total. The van der Waals surface area contributed by atoms with E-state index in [1.54, 1.807) is 20.9 Å². The molecule has 3 atom stereocenters. The molecule has 0 aliphatic carbocycles. The Hall–Kier alpha value is -2.84. The first-order chi connectivity index (χ1) is 21.5. The van der Waals surface area contributed by atoms with Gasteiger partial charge in [-0.05, 0) is 13.8 Å². The normalized spacial score (nSPS) is 11.7. The van der Waals surface area contributed by atoms with Gasteiger partial charge >= 0.3 is 0 Å². The van der Waals surface area contributed by atoms with E-state index in [1.165, 1.54) is 77.9 Å². The van der Waals surface area contributed by atoms with Gasteiger partial charge in [-0.25, -0.2) is 0 Å². The lowest BCUT2D eigenvalue weighted by Crippen LogP contribution is -2.48. The lowest BCUT2D eigenvalue weighted by atomic mass is 10.3. The zero-order chi connectivity index (χ0) is 36.1. The highest BCUT2D eigenvalue weighted by atomic mass is 33.1. The highest BCUT2D eigenvalue weighted by Crippen LogP contribution is 2.23. The zero-order valence-electron chi connectivity index (χ0n) is 27.7. The van der Waals surface area contributed by atoms with Crippen LogP contribution in [0.25, 0.3) is 0 Å². The Bertz CT molecular complexity index is 934. The Morgan fingerprint density at radius 3 is 1.17 bits per heavy atom. The monoisotopic (exact) mass is 730 g/mol. The van der Waals surface area contributed by atoms with Crippen molar-refractivity contribution >= 4 is 90.4 Å². The molecule has 0 aliphatic rings. The van der Waals surface area contributed by atoms with Crippen molar-refractivity contribution in [3.8, 4) is 0 Å². The van der Waals surface area contributed by atoms with Gasteiger partial charge in [-0.3, -0.25) is 38.4 Å². The minimum atomic E-state index is -0.636. The summed E-state index contributed by atoms with van der Waals surface area (Å²) >= 11 is 0. The molecule has 20 heteroatoms. The number of hydrogen-bond donors (Lipinski definition) is 8.